The molecule has 2 aromatic heterocycles. The molecule has 1 spiro atoms. The molecule has 4 aromatic rings. The maximum atomic E-state index is 15.6. The first-order chi connectivity index (χ1) is 28.1. The SMILES string of the molecule is Cc1c(C2Cc3c(c(=O)n(-c4ccccc4)n3C)C(C3SC(=O)N(CC(=O)OC(C)(C)C)C3=O)C23SC(=O)N(CC(=O)OC(C)(C)C)C3=O)c(=O)n(-c2ccccc2)n1C. The molecule has 316 valence electrons. The molecule has 7 rings (SSSR count). The molecule has 0 saturated carbocycles. The number of ether oxygens (including phenoxy) is 2. The molecule has 1 aliphatic carbocycles. The second kappa shape index (κ2) is 15.1. The van der Waals surface area contributed by atoms with E-state index in [1.165, 1.54) is 9.36 Å². The number of thioether (sulfide) groups is 2. The predicted molar refractivity (Wildman–Crippen MR) is 224 cm³/mol. The van der Waals surface area contributed by atoms with Crippen molar-refractivity contribution in [2.24, 2.45) is 14.1 Å². The maximum Gasteiger partial charge on any atom is 0.326 e. The molecule has 18 heteroatoms. The third-order valence-corrected chi connectivity index (χ3v) is 13.4. The van der Waals surface area contributed by atoms with E-state index in [9.17, 15) is 28.8 Å². The third kappa shape index (κ3) is 7.12. The minimum absolute atomic E-state index is 0.0138. The number of hydrogen-bond donors (Lipinski definition) is 0. The van der Waals surface area contributed by atoms with Gasteiger partial charge in [-0.1, -0.05) is 48.2 Å². The Morgan fingerprint density at radius 2 is 1.18 bits per heavy atom. The number of para-hydroxylation sites is 2. The van der Waals surface area contributed by atoms with Gasteiger partial charge in [-0.3, -0.25) is 57.5 Å². The Kier molecular flexibility index (Phi) is 10.7. The highest BCUT2D eigenvalue weighted by Crippen LogP contribution is 2.62. The van der Waals surface area contributed by atoms with E-state index in [1.807, 2.05) is 0 Å². The van der Waals surface area contributed by atoms with Gasteiger partial charge in [0, 0.05) is 48.4 Å². The van der Waals surface area contributed by atoms with Gasteiger partial charge in [0.1, 0.15) is 34.3 Å². The Labute approximate surface area is 353 Å². The average Bonchev–Trinajstić information content (AvgIpc) is 3.75. The fourth-order valence-electron chi connectivity index (χ4n) is 8.46. The molecule has 4 amide bonds. The summed E-state index contributed by atoms with van der Waals surface area (Å²) in [7, 11) is 3.33. The van der Waals surface area contributed by atoms with Gasteiger partial charge in [-0.15, -0.1) is 0 Å². The first-order valence-electron chi connectivity index (χ1n) is 19.3. The third-order valence-electron chi connectivity index (χ3n) is 10.8. The Bertz CT molecular complexity index is 2580. The number of rotatable bonds is 8. The van der Waals surface area contributed by atoms with Crippen molar-refractivity contribution in [1.29, 1.82) is 0 Å². The van der Waals surface area contributed by atoms with Crippen molar-refractivity contribution in [3.05, 3.63) is 104 Å². The number of imide groups is 2. The zero-order valence-corrected chi connectivity index (χ0v) is 36.3. The average molecular weight is 859 g/mol. The van der Waals surface area contributed by atoms with Gasteiger partial charge in [0.15, 0.2) is 0 Å². The van der Waals surface area contributed by atoms with Crippen LogP contribution in [0.2, 0.25) is 0 Å². The zero-order chi connectivity index (χ0) is 43.8. The van der Waals surface area contributed by atoms with Gasteiger partial charge in [-0.2, -0.15) is 0 Å². The fourth-order valence-corrected chi connectivity index (χ4v) is 11.2. The highest BCUT2D eigenvalue weighted by Gasteiger charge is 2.70. The Morgan fingerprint density at radius 3 is 1.70 bits per heavy atom. The van der Waals surface area contributed by atoms with E-state index in [0.29, 0.717) is 46.3 Å². The van der Waals surface area contributed by atoms with Crippen LogP contribution in [0, 0.1) is 6.92 Å². The van der Waals surface area contributed by atoms with Crippen LogP contribution < -0.4 is 11.1 Å². The van der Waals surface area contributed by atoms with Crippen LogP contribution in [0.25, 0.3) is 11.4 Å². The number of carbonyl (C=O) groups is 6. The lowest BCUT2D eigenvalue weighted by Crippen LogP contribution is -2.57. The number of benzene rings is 2. The number of fused-ring (bicyclic) bond motifs is 1. The highest BCUT2D eigenvalue weighted by molar-refractivity contribution is 8.16. The second-order valence-corrected chi connectivity index (χ2v) is 19.3. The van der Waals surface area contributed by atoms with Crippen molar-refractivity contribution < 1.29 is 38.2 Å². The number of carbonyl (C=O) groups excluding carboxylic acids is 6. The largest absolute Gasteiger partial charge is 0.459 e. The van der Waals surface area contributed by atoms with Gasteiger partial charge in [-0.05, 0) is 90.9 Å². The smallest absolute Gasteiger partial charge is 0.326 e. The van der Waals surface area contributed by atoms with E-state index in [4.69, 9.17) is 9.47 Å². The molecule has 2 fully saturated rings. The van der Waals surface area contributed by atoms with Crippen LogP contribution in [0.5, 0.6) is 0 Å². The number of amides is 4. The number of aromatic nitrogens is 4. The van der Waals surface area contributed by atoms with E-state index < -0.39 is 91.5 Å². The van der Waals surface area contributed by atoms with Crippen molar-refractivity contribution in [1.82, 2.24) is 28.5 Å². The van der Waals surface area contributed by atoms with Crippen LogP contribution in [0.3, 0.4) is 0 Å². The molecule has 4 atom stereocenters. The molecule has 4 heterocycles. The summed E-state index contributed by atoms with van der Waals surface area (Å²) in [5.74, 6) is -6.35. The molecule has 4 unspecified atom stereocenters. The molecule has 0 bridgehead atoms. The molecule has 2 aliphatic heterocycles. The summed E-state index contributed by atoms with van der Waals surface area (Å²) in [5, 5.41) is -3.25. The van der Waals surface area contributed by atoms with Crippen molar-refractivity contribution >= 4 is 57.8 Å². The lowest BCUT2D eigenvalue weighted by molar-refractivity contribution is -0.157. The van der Waals surface area contributed by atoms with E-state index in [0.717, 1.165) is 9.80 Å². The summed E-state index contributed by atoms with van der Waals surface area (Å²) in [5.41, 5.74) is -1.17. The highest BCUT2D eigenvalue weighted by atomic mass is 32.2. The van der Waals surface area contributed by atoms with Crippen molar-refractivity contribution in [3.63, 3.8) is 0 Å². The number of nitrogens with zero attached hydrogens (tertiary/aromatic N) is 6. The van der Waals surface area contributed by atoms with E-state index in [1.54, 1.807) is 133 Å². The van der Waals surface area contributed by atoms with E-state index >= 15 is 9.59 Å². The minimum atomic E-state index is -2.16. The molecule has 2 saturated heterocycles. The van der Waals surface area contributed by atoms with E-state index in [2.05, 4.69) is 0 Å². The van der Waals surface area contributed by atoms with Gasteiger partial charge in [0.05, 0.1) is 11.4 Å². The zero-order valence-electron chi connectivity index (χ0n) is 34.7. The van der Waals surface area contributed by atoms with Crippen molar-refractivity contribution in [2.45, 2.75) is 87.9 Å². The molecular formula is C42H46N6O10S2. The molecule has 60 heavy (non-hydrogen) atoms. The summed E-state index contributed by atoms with van der Waals surface area (Å²) in [6.45, 7) is 9.97. The molecule has 0 N–H and O–H groups in total. The number of hydrogen-bond acceptors (Lipinski definition) is 12. The maximum absolute atomic E-state index is 15.6. The lowest BCUT2D eigenvalue weighted by Gasteiger charge is -2.45. The summed E-state index contributed by atoms with van der Waals surface area (Å²) >= 11 is 1.05. The Hall–Kier alpha value is -5.62. The van der Waals surface area contributed by atoms with Crippen molar-refractivity contribution in [3.8, 4) is 11.4 Å². The first-order valence-corrected chi connectivity index (χ1v) is 21.0. The fraction of sp³-hybridized carbons (Fsp3) is 0.429. The van der Waals surface area contributed by atoms with Crippen LogP contribution in [-0.4, -0.2) is 97.0 Å². The van der Waals surface area contributed by atoms with Crippen LogP contribution in [0.4, 0.5) is 9.59 Å². The standard InChI is InChI=1S/C42H46N6O10S2/c1-23-30(34(51)47(43(23)8)24-16-12-10-13-17-24)26-20-27-31(35(52)48(44(27)9)25-18-14-11-15-19-25)32(33-36(53)45(38(55)59-33)21-28(49)57-40(2,3)4)42(26)37(54)46(39(56)60-42)22-29(50)58-41(5,6)7/h10-19,26,32-33H,20-22H2,1-9H3. The minimum Gasteiger partial charge on any atom is -0.459 e. The van der Waals surface area contributed by atoms with Crippen LogP contribution >= 0.6 is 23.5 Å². The van der Waals surface area contributed by atoms with E-state index in [-0.39, 0.29) is 17.5 Å². The number of esters is 2. The topological polar surface area (TPSA) is 181 Å². The molecule has 16 nitrogen and oxygen atoms in total. The quantitative estimate of drug-likeness (QED) is 0.226. The predicted octanol–water partition coefficient (Wildman–Crippen LogP) is 4.58. The van der Waals surface area contributed by atoms with Gasteiger partial charge < -0.3 is 9.47 Å². The van der Waals surface area contributed by atoms with Gasteiger partial charge in [0.2, 0.25) is 11.8 Å². The molecule has 2 aromatic carbocycles. The summed E-state index contributed by atoms with van der Waals surface area (Å²) in [6.07, 6.45) is -0.139. The Balaban J connectivity index is 1.51. The monoisotopic (exact) mass is 858 g/mol. The summed E-state index contributed by atoms with van der Waals surface area (Å²) in [4.78, 5) is 116. The Morgan fingerprint density at radius 1 is 0.700 bits per heavy atom. The second-order valence-electron chi connectivity index (χ2n) is 17.0. The van der Waals surface area contributed by atoms with Gasteiger partial charge in [0.25, 0.3) is 21.6 Å². The van der Waals surface area contributed by atoms with Crippen LogP contribution in [0.1, 0.15) is 75.9 Å². The lowest BCUT2D eigenvalue weighted by atomic mass is 9.65. The van der Waals surface area contributed by atoms with Gasteiger partial charge >= 0.3 is 11.9 Å². The normalized spacial score (nSPS) is 21.9. The molecule has 3 aliphatic rings. The molecular weight excluding hydrogens is 813 g/mol. The van der Waals surface area contributed by atoms with Crippen molar-refractivity contribution in [2.75, 3.05) is 13.1 Å². The first kappa shape index (κ1) is 42.5. The molecule has 0 radical (unpaired) electrons. The van der Waals surface area contributed by atoms with Crippen LogP contribution in [0.15, 0.2) is 70.3 Å². The summed E-state index contributed by atoms with van der Waals surface area (Å²) < 4.78 is 14.8. The van der Waals surface area contributed by atoms with Crippen LogP contribution in [-0.2, 0) is 49.2 Å². The van der Waals surface area contributed by atoms with Gasteiger partial charge in [-0.25, -0.2) is 9.36 Å². The summed E-state index contributed by atoms with van der Waals surface area (Å²) in [6, 6.07) is 17.5.